The van der Waals surface area contributed by atoms with Crippen LogP contribution in [0.25, 0.3) is 110 Å². The zero-order valence-electron chi connectivity index (χ0n) is 32.6. The number of rotatable bonds is 3. The Hall–Kier alpha value is -7.56. The van der Waals surface area contributed by atoms with Crippen LogP contribution >= 0.6 is 0 Å². The molecule has 0 amide bonds. The van der Waals surface area contributed by atoms with Gasteiger partial charge in [0.15, 0.2) is 0 Å². The van der Waals surface area contributed by atoms with Crippen LogP contribution in [0.2, 0.25) is 0 Å². The molecule has 0 spiro atoms. The Morgan fingerprint density at radius 3 is 1.78 bits per heavy atom. The molecule has 13 rings (SSSR count). The van der Waals surface area contributed by atoms with E-state index in [9.17, 15) is 0 Å². The molecule has 0 saturated heterocycles. The Balaban J connectivity index is 1.14. The fraction of sp³-hybridized carbons (Fsp3) is 0.0545. The molecule has 0 unspecified atom stereocenters. The van der Waals surface area contributed by atoms with Gasteiger partial charge >= 0.3 is 0 Å². The molecule has 0 aliphatic heterocycles. The summed E-state index contributed by atoms with van der Waals surface area (Å²) in [5, 5.41) is 10.9. The van der Waals surface area contributed by atoms with Crippen molar-refractivity contribution in [1.29, 1.82) is 0 Å². The second-order valence-corrected chi connectivity index (χ2v) is 16.5. The molecule has 4 nitrogen and oxygen atoms in total. The van der Waals surface area contributed by atoms with Crippen LogP contribution < -0.4 is 0 Å². The van der Waals surface area contributed by atoms with Crippen molar-refractivity contribution in [1.82, 2.24) is 19.1 Å². The molecule has 4 heteroatoms. The van der Waals surface area contributed by atoms with Gasteiger partial charge in [0.05, 0.1) is 33.3 Å². The summed E-state index contributed by atoms with van der Waals surface area (Å²) >= 11 is 0. The predicted molar refractivity (Wildman–Crippen MR) is 246 cm³/mol. The highest BCUT2D eigenvalue weighted by atomic mass is 15.2. The molecule has 0 atom stereocenters. The minimum absolute atomic E-state index is 0.205. The molecule has 1 aliphatic rings. The monoisotopic (exact) mass is 752 g/mol. The number of aromatic nitrogens is 4. The lowest BCUT2D eigenvalue weighted by Gasteiger charge is -2.24. The van der Waals surface area contributed by atoms with Crippen molar-refractivity contribution in [3.8, 4) is 34.0 Å². The number of benzene rings is 9. The molecule has 1 aliphatic carbocycles. The number of nitrogens with zero attached hydrogens (tertiary/aromatic N) is 4. The Bertz CT molecular complexity index is 3770. The lowest BCUT2D eigenvalue weighted by molar-refractivity contribution is 0.662. The molecule has 0 bridgehead atoms. The van der Waals surface area contributed by atoms with E-state index in [1.54, 1.807) is 0 Å². The molecule has 0 saturated carbocycles. The molecule has 3 aromatic heterocycles. The van der Waals surface area contributed by atoms with Crippen LogP contribution in [-0.4, -0.2) is 19.1 Å². The largest absolute Gasteiger partial charge is 0.309 e. The lowest BCUT2D eigenvalue weighted by Crippen LogP contribution is -2.16. The van der Waals surface area contributed by atoms with Crippen LogP contribution in [0.1, 0.15) is 25.0 Å². The summed E-state index contributed by atoms with van der Waals surface area (Å²) in [5.74, 6) is 0.658. The first kappa shape index (κ1) is 32.5. The lowest BCUT2D eigenvalue weighted by atomic mass is 9.79. The van der Waals surface area contributed by atoms with Gasteiger partial charge in [0, 0.05) is 43.6 Å². The molecule has 276 valence electrons. The van der Waals surface area contributed by atoms with Crippen molar-refractivity contribution < 1.29 is 0 Å². The van der Waals surface area contributed by atoms with Gasteiger partial charge < -0.3 is 4.57 Å². The average molecular weight is 753 g/mol. The van der Waals surface area contributed by atoms with E-state index in [1.807, 2.05) is 0 Å². The van der Waals surface area contributed by atoms with Crippen LogP contribution in [0.3, 0.4) is 0 Å². The van der Waals surface area contributed by atoms with E-state index >= 15 is 0 Å². The SMILES string of the molecule is CC1(C)c2ccccc2-c2cccc(-c3nc(-n4c5cc(-n6c7ccccc7c7c8ccccc8ccc76)ccc5c5c6ccccc6ccc54)nc4ccccc34)c21. The van der Waals surface area contributed by atoms with E-state index in [-0.39, 0.29) is 5.41 Å². The average Bonchev–Trinajstić information content (AvgIpc) is 3.89. The molecular formula is C55H36N4. The standard InChI is InChI=1S/C55H36N4/c1-55(2)44-23-10-7-18-38(44)39-21-13-22-43(52(39)55)53-40-19-8-11-24-45(40)56-54(57-53)59-48-31-27-34-15-4-6-17-37(34)51(48)42-29-28-35(32-49(42)59)58-46-25-12-9-20-41(46)50-36-16-5-3-14-33(36)26-30-47(50)58/h3-32H,1-2H3. The second kappa shape index (κ2) is 11.7. The quantitative estimate of drug-likeness (QED) is 0.180. The van der Waals surface area contributed by atoms with Crippen molar-refractivity contribution in [2.75, 3.05) is 0 Å². The van der Waals surface area contributed by atoms with E-state index in [2.05, 4.69) is 205 Å². The minimum atomic E-state index is -0.205. The van der Waals surface area contributed by atoms with Gasteiger partial charge in [-0.05, 0) is 80.2 Å². The highest BCUT2D eigenvalue weighted by Gasteiger charge is 2.38. The minimum Gasteiger partial charge on any atom is -0.309 e. The molecule has 12 aromatic rings. The Kier molecular flexibility index (Phi) is 6.48. The normalized spacial score (nSPS) is 13.4. The van der Waals surface area contributed by atoms with Gasteiger partial charge in [0.2, 0.25) is 5.95 Å². The molecule has 3 heterocycles. The fourth-order valence-electron chi connectivity index (χ4n) is 10.6. The van der Waals surface area contributed by atoms with Gasteiger partial charge in [-0.25, -0.2) is 9.97 Å². The molecule has 0 fully saturated rings. The third kappa shape index (κ3) is 4.38. The second-order valence-electron chi connectivity index (χ2n) is 16.5. The van der Waals surface area contributed by atoms with Gasteiger partial charge in [0.25, 0.3) is 0 Å². The zero-order valence-corrected chi connectivity index (χ0v) is 32.6. The zero-order chi connectivity index (χ0) is 39.0. The Morgan fingerprint density at radius 2 is 1.00 bits per heavy atom. The molecular weight excluding hydrogens is 717 g/mol. The van der Waals surface area contributed by atoms with Gasteiger partial charge in [-0.15, -0.1) is 0 Å². The number of hydrogen-bond acceptors (Lipinski definition) is 2. The third-order valence-corrected chi connectivity index (χ3v) is 13.1. The first-order chi connectivity index (χ1) is 29.0. The van der Waals surface area contributed by atoms with E-state index < -0.39 is 0 Å². The summed E-state index contributed by atoms with van der Waals surface area (Å²) in [6.45, 7) is 4.70. The summed E-state index contributed by atoms with van der Waals surface area (Å²) in [5.41, 5.74) is 13.6. The number of para-hydroxylation sites is 2. The molecule has 9 aromatic carbocycles. The van der Waals surface area contributed by atoms with Crippen LogP contribution in [-0.2, 0) is 5.41 Å². The van der Waals surface area contributed by atoms with Gasteiger partial charge in [-0.2, -0.15) is 0 Å². The van der Waals surface area contributed by atoms with Crippen molar-refractivity contribution in [2.45, 2.75) is 19.3 Å². The van der Waals surface area contributed by atoms with Crippen molar-refractivity contribution in [3.63, 3.8) is 0 Å². The first-order valence-electron chi connectivity index (χ1n) is 20.4. The van der Waals surface area contributed by atoms with Crippen molar-refractivity contribution >= 4 is 76.1 Å². The first-order valence-corrected chi connectivity index (χ1v) is 20.4. The Morgan fingerprint density at radius 1 is 0.407 bits per heavy atom. The summed E-state index contributed by atoms with van der Waals surface area (Å²) in [6, 6.07) is 66.2. The highest BCUT2D eigenvalue weighted by Crippen LogP contribution is 2.52. The maximum Gasteiger partial charge on any atom is 0.235 e. The number of hydrogen-bond donors (Lipinski definition) is 0. The summed E-state index contributed by atoms with van der Waals surface area (Å²) in [4.78, 5) is 11.1. The highest BCUT2D eigenvalue weighted by molar-refractivity contribution is 6.23. The third-order valence-electron chi connectivity index (χ3n) is 13.1. The van der Waals surface area contributed by atoms with Crippen LogP contribution in [0.5, 0.6) is 0 Å². The van der Waals surface area contributed by atoms with Crippen LogP contribution in [0.4, 0.5) is 0 Å². The summed E-state index contributed by atoms with van der Waals surface area (Å²) in [6.07, 6.45) is 0. The molecule has 59 heavy (non-hydrogen) atoms. The maximum atomic E-state index is 5.67. The maximum absolute atomic E-state index is 5.67. The van der Waals surface area contributed by atoms with E-state index in [1.165, 1.54) is 76.4 Å². The van der Waals surface area contributed by atoms with Crippen LogP contribution in [0, 0.1) is 0 Å². The number of fused-ring (bicyclic) bond motifs is 14. The smallest absolute Gasteiger partial charge is 0.235 e. The van der Waals surface area contributed by atoms with Gasteiger partial charge in [-0.3, -0.25) is 4.57 Å². The van der Waals surface area contributed by atoms with Crippen molar-refractivity contribution in [3.05, 3.63) is 193 Å². The van der Waals surface area contributed by atoms with Crippen molar-refractivity contribution in [2.24, 2.45) is 0 Å². The van der Waals surface area contributed by atoms with E-state index in [4.69, 9.17) is 9.97 Å². The predicted octanol–water partition coefficient (Wildman–Crippen LogP) is 14.1. The fourth-order valence-corrected chi connectivity index (χ4v) is 10.6. The van der Waals surface area contributed by atoms with Gasteiger partial charge in [-0.1, -0.05) is 159 Å². The summed E-state index contributed by atoms with van der Waals surface area (Å²) in [7, 11) is 0. The van der Waals surface area contributed by atoms with E-state index in [0.29, 0.717) is 5.95 Å². The molecule has 0 N–H and O–H groups in total. The van der Waals surface area contributed by atoms with Gasteiger partial charge in [0.1, 0.15) is 0 Å². The molecule has 0 radical (unpaired) electrons. The topological polar surface area (TPSA) is 35.6 Å². The van der Waals surface area contributed by atoms with Crippen LogP contribution in [0.15, 0.2) is 182 Å². The summed E-state index contributed by atoms with van der Waals surface area (Å²) < 4.78 is 4.74. The Labute approximate surface area is 340 Å². The van der Waals surface area contributed by atoms with E-state index in [0.717, 1.165) is 38.9 Å².